The summed E-state index contributed by atoms with van der Waals surface area (Å²) in [7, 11) is 0. The van der Waals surface area contributed by atoms with E-state index in [1.165, 1.54) is 6.07 Å². The summed E-state index contributed by atoms with van der Waals surface area (Å²) in [4.78, 5) is 0. The van der Waals surface area contributed by atoms with Gasteiger partial charge in [-0.15, -0.1) is 6.58 Å². The zero-order chi connectivity index (χ0) is 12.7. The molecule has 1 aromatic rings. The summed E-state index contributed by atoms with van der Waals surface area (Å²) in [6.45, 7) is 6.84. The smallest absolute Gasteiger partial charge is 0.142 e. The summed E-state index contributed by atoms with van der Waals surface area (Å²) >= 11 is 5.66. The molecule has 0 aliphatic rings. The first kappa shape index (κ1) is 14.2. The molecule has 0 saturated heterocycles. The summed E-state index contributed by atoms with van der Waals surface area (Å²) in [6.07, 6.45) is 4.65. The van der Waals surface area contributed by atoms with Crippen LogP contribution in [0.5, 0.6) is 0 Å². The maximum Gasteiger partial charge on any atom is 0.142 e. The summed E-state index contributed by atoms with van der Waals surface area (Å²) < 4.78 is 13.3. The monoisotopic (exact) mass is 255 g/mol. The Hall–Kier alpha value is -0.860. The van der Waals surface area contributed by atoms with Crippen LogP contribution in [0.2, 0.25) is 5.02 Å². The van der Waals surface area contributed by atoms with E-state index in [-0.39, 0.29) is 10.8 Å². The van der Waals surface area contributed by atoms with Crippen LogP contribution in [0.3, 0.4) is 0 Å². The van der Waals surface area contributed by atoms with E-state index in [9.17, 15) is 4.39 Å². The van der Waals surface area contributed by atoms with E-state index >= 15 is 0 Å². The largest absolute Gasteiger partial charge is 0.313 e. The van der Waals surface area contributed by atoms with Gasteiger partial charge in [0.25, 0.3) is 0 Å². The minimum Gasteiger partial charge on any atom is -0.313 e. The van der Waals surface area contributed by atoms with Gasteiger partial charge in [-0.1, -0.05) is 30.7 Å². The van der Waals surface area contributed by atoms with Crippen molar-refractivity contribution in [2.75, 3.05) is 6.54 Å². The first-order valence-electron chi connectivity index (χ1n) is 5.95. The van der Waals surface area contributed by atoms with Gasteiger partial charge in [0.2, 0.25) is 0 Å². The van der Waals surface area contributed by atoms with Gasteiger partial charge in [-0.25, -0.2) is 4.39 Å². The molecule has 1 atom stereocenters. The molecular weight excluding hydrogens is 237 g/mol. The number of halogens is 2. The fourth-order valence-corrected chi connectivity index (χ4v) is 1.86. The van der Waals surface area contributed by atoms with Crippen molar-refractivity contribution in [2.45, 2.75) is 32.2 Å². The second-order valence-electron chi connectivity index (χ2n) is 4.13. The molecule has 0 aromatic heterocycles. The van der Waals surface area contributed by atoms with E-state index in [2.05, 4.69) is 18.8 Å². The van der Waals surface area contributed by atoms with Crippen molar-refractivity contribution in [3.05, 3.63) is 47.3 Å². The quantitative estimate of drug-likeness (QED) is 0.727. The van der Waals surface area contributed by atoms with Gasteiger partial charge in [0.1, 0.15) is 5.82 Å². The first-order chi connectivity index (χ1) is 8.17. The van der Waals surface area contributed by atoms with Gasteiger partial charge in [-0.2, -0.15) is 0 Å². The average Bonchev–Trinajstić information content (AvgIpc) is 2.31. The molecule has 0 fully saturated rings. The van der Waals surface area contributed by atoms with Crippen LogP contribution < -0.4 is 5.32 Å². The molecule has 1 aromatic carbocycles. The molecule has 94 valence electrons. The highest BCUT2D eigenvalue weighted by Crippen LogP contribution is 2.17. The van der Waals surface area contributed by atoms with E-state index in [0.717, 1.165) is 31.4 Å². The van der Waals surface area contributed by atoms with Crippen molar-refractivity contribution in [2.24, 2.45) is 0 Å². The molecular formula is C14H19ClFN. The third-order valence-electron chi connectivity index (χ3n) is 2.60. The number of rotatable bonds is 7. The van der Waals surface area contributed by atoms with Crippen molar-refractivity contribution in [1.82, 2.24) is 5.32 Å². The molecule has 0 bridgehead atoms. The Balaban J connectivity index is 2.64. The lowest BCUT2D eigenvalue weighted by Gasteiger charge is -2.17. The number of hydrogen-bond donors (Lipinski definition) is 1. The molecule has 1 N–H and O–H groups in total. The fourth-order valence-electron chi connectivity index (χ4n) is 1.74. The zero-order valence-electron chi connectivity index (χ0n) is 10.2. The molecule has 1 rings (SSSR count). The predicted molar refractivity (Wildman–Crippen MR) is 72.0 cm³/mol. The van der Waals surface area contributed by atoms with Gasteiger partial charge in [-0.3, -0.25) is 0 Å². The fraction of sp³-hybridized carbons (Fsp3) is 0.429. The van der Waals surface area contributed by atoms with E-state index in [1.54, 1.807) is 6.07 Å². The van der Waals surface area contributed by atoms with Crippen LogP contribution >= 0.6 is 11.6 Å². The van der Waals surface area contributed by atoms with Gasteiger partial charge in [0.15, 0.2) is 0 Å². The number of benzene rings is 1. The van der Waals surface area contributed by atoms with Crippen molar-refractivity contribution in [3.63, 3.8) is 0 Å². The van der Waals surface area contributed by atoms with Gasteiger partial charge < -0.3 is 5.32 Å². The molecule has 1 nitrogen and oxygen atoms in total. The molecule has 0 radical (unpaired) electrons. The summed E-state index contributed by atoms with van der Waals surface area (Å²) in [6, 6.07) is 5.30. The Morgan fingerprint density at radius 2 is 2.29 bits per heavy atom. The molecule has 0 amide bonds. The van der Waals surface area contributed by atoms with E-state index in [1.807, 2.05) is 12.1 Å². The molecule has 0 aliphatic carbocycles. The summed E-state index contributed by atoms with van der Waals surface area (Å²) in [5.74, 6) is -0.350. The molecule has 17 heavy (non-hydrogen) atoms. The Morgan fingerprint density at radius 3 is 2.88 bits per heavy atom. The maximum absolute atomic E-state index is 13.3. The minimum atomic E-state index is -0.350. The SMILES string of the molecule is C=CCC(Cc1ccc(Cl)c(F)c1)NCCC. The Labute approximate surface area is 108 Å². The van der Waals surface area contributed by atoms with Crippen LogP contribution in [-0.4, -0.2) is 12.6 Å². The summed E-state index contributed by atoms with van der Waals surface area (Å²) in [5.41, 5.74) is 0.961. The van der Waals surface area contributed by atoms with Crippen LogP contribution in [0.25, 0.3) is 0 Å². The summed E-state index contributed by atoms with van der Waals surface area (Å²) in [5, 5.41) is 3.60. The molecule has 0 heterocycles. The van der Waals surface area contributed by atoms with Crippen LogP contribution in [-0.2, 0) is 6.42 Å². The van der Waals surface area contributed by atoms with Gasteiger partial charge in [0.05, 0.1) is 5.02 Å². The highest BCUT2D eigenvalue weighted by molar-refractivity contribution is 6.30. The van der Waals surface area contributed by atoms with Crippen LogP contribution in [0, 0.1) is 5.82 Å². The second kappa shape index (κ2) is 7.46. The van der Waals surface area contributed by atoms with Crippen LogP contribution in [0.1, 0.15) is 25.3 Å². The lowest BCUT2D eigenvalue weighted by atomic mass is 10.0. The van der Waals surface area contributed by atoms with E-state index in [0.29, 0.717) is 6.04 Å². The normalized spacial score (nSPS) is 12.4. The Morgan fingerprint density at radius 1 is 1.53 bits per heavy atom. The molecule has 3 heteroatoms. The van der Waals surface area contributed by atoms with Crippen molar-refractivity contribution in [3.8, 4) is 0 Å². The topological polar surface area (TPSA) is 12.0 Å². The highest BCUT2D eigenvalue weighted by Gasteiger charge is 2.08. The highest BCUT2D eigenvalue weighted by atomic mass is 35.5. The lowest BCUT2D eigenvalue weighted by molar-refractivity contribution is 0.510. The average molecular weight is 256 g/mol. The first-order valence-corrected chi connectivity index (χ1v) is 6.33. The molecule has 0 spiro atoms. The third-order valence-corrected chi connectivity index (χ3v) is 2.91. The standard InChI is InChI=1S/C14H19ClFN/c1-3-5-12(17-8-4-2)9-11-6-7-13(15)14(16)10-11/h3,6-7,10,12,17H,1,4-5,8-9H2,2H3. The van der Waals surface area contributed by atoms with E-state index < -0.39 is 0 Å². The van der Waals surface area contributed by atoms with Crippen molar-refractivity contribution in [1.29, 1.82) is 0 Å². The van der Waals surface area contributed by atoms with Crippen LogP contribution in [0.4, 0.5) is 4.39 Å². The number of hydrogen-bond acceptors (Lipinski definition) is 1. The zero-order valence-corrected chi connectivity index (χ0v) is 10.9. The molecule has 0 aliphatic heterocycles. The van der Waals surface area contributed by atoms with Crippen molar-refractivity contribution < 1.29 is 4.39 Å². The molecule has 1 unspecified atom stereocenters. The van der Waals surface area contributed by atoms with Crippen LogP contribution in [0.15, 0.2) is 30.9 Å². The third kappa shape index (κ3) is 4.88. The van der Waals surface area contributed by atoms with Gasteiger partial charge >= 0.3 is 0 Å². The van der Waals surface area contributed by atoms with Gasteiger partial charge in [-0.05, 0) is 43.5 Å². The van der Waals surface area contributed by atoms with Gasteiger partial charge in [0, 0.05) is 6.04 Å². The predicted octanol–water partition coefficient (Wildman–Crippen LogP) is 3.97. The van der Waals surface area contributed by atoms with E-state index in [4.69, 9.17) is 11.6 Å². The Kier molecular flexibility index (Phi) is 6.23. The second-order valence-corrected chi connectivity index (χ2v) is 4.54. The molecule has 0 saturated carbocycles. The Bertz CT molecular complexity index is 365. The maximum atomic E-state index is 13.3. The number of nitrogens with one attached hydrogen (secondary N) is 1. The lowest BCUT2D eigenvalue weighted by Crippen LogP contribution is -2.31. The van der Waals surface area contributed by atoms with Crippen molar-refractivity contribution >= 4 is 11.6 Å². The minimum absolute atomic E-state index is 0.176.